The molecular weight excluding hydrogens is 380 g/mol. The second-order valence-electron chi connectivity index (χ2n) is 6.85. The topological polar surface area (TPSA) is 43.4 Å². The Morgan fingerprint density at radius 2 is 2.00 bits per heavy atom. The van der Waals surface area contributed by atoms with Crippen molar-refractivity contribution in [3.63, 3.8) is 0 Å². The normalized spacial score (nSPS) is 26.3. The molecule has 1 saturated carbocycles. The van der Waals surface area contributed by atoms with Crippen LogP contribution in [0.2, 0.25) is 8.94 Å². The van der Waals surface area contributed by atoms with Crippen molar-refractivity contribution in [1.82, 2.24) is 0 Å². The third-order valence-corrected chi connectivity index (χ3v) is 8.21. The van der Waals surface area contributed by atoms with Crippen LogP contribution >= 0.6 is 0 Å². The first kappa shape index (κ1) is 19.1. The molecule has 4 heteroatoms. The summed E-state index contributed by atoms with van der Waals surface area (Å²) in [6.07, 6.45) is 6.64. The van der Waals surface area contributed by atoms with E-state index in [2.05, 4.69) is 27.7 Å². The Morgan fingerprint density at radius 3 is 2.62 bits per heavy atom. The summed E-state index contributed by atoms with van der Waals surface area (Å²) < 4.78 is 18.7. The number of hydrogen-bond donors (Lipinski definition) is 0. The third kappa shape index (κ3) is 7.24. The Hall–Kier alpha value is 0.0596. The van der Waals surface area contributed by atoms with Gasteiger partial charge in [-0.2, -0.15) is 0 Å². The Balaban J connectivity index is 2.41. The molecule has 0 spiro atoms. The Morgan fingerprint density at radius 1 is 1.29 bits per heavy atom. The van der Waals surface area contributed by atoms with Gasteiger partial charge in [-0.1, -0.05) is 0 Å². The molecule has 0 unspecified atom stereocenters. The standard InChI is InChI=1S/C17H32O3Te/c1-5-6-7-10-21(19)12-17(18)20-16-11-14(4)8-9-15(16)13(2)3/h13-16H,5-12H2,1-4H3/t14-,15+,16-/m1/s1. The summed E-state index contributed by atoms with van der Waals surface area (Å²) >= 11 is -2.45. The minimum absolute atomic E-state index is 0.0449. The van der Waals surface area contributed by atoms with Gasteiger partial charge in [0.25, 0.3) is 0 Å². The number of unbranched alkanes of at least 4 members (excludes halogenated alkanes) is 2. The number of ether oxygens (including phenoxy) is 1. The quantitative estimate of drug-likeness (QED) is 0.333. The second-order valence-corrected chi connectivity index (χ2v) is 11.3. The summed E-state index contributed by atoms with van der Waals surface area (Å²) in [4.78, 5) is 12.0. The van der Waals surface area contributed by atoms with E-state index in [1.807, 2.05) is 0 Å². The number of rotatable bonds is 8. The van der Waals surface area contributed by atoms with Gasteiger partial charge < -0.3 is 0 Å². The fourth-order valence-corrected chi connectivity index (χ4v) is 6.03. The van der Waals surface area contributed by atoms with Gasteiger partial charge in [-0.3, -0.25) is 0 Å². The van der Waals surface area contributed by atoms with Crippen LogP contribution in [-0.2, 0) is 12.6 Å². The molecule has 0 radical (unpaired) electrons. The van der Waals surface area contributed by atoms with Crippen LogP contribution in [0, 0.1) is 17.8 Å². The van der Waals surface area contributed by atoms with E-state index in [1.165, 1.54) is 6.42 Å². The molecule has 0 heterocycles. The van der Waals surface area contributed by atoms with Crippen molar-refractivity contribution in [1.29, 1.82) is 0 Å². The molecule has 0 saturated heterocycles. The van der Waals surface area contributed by atoms with Crippen molar-refractivity contribution in [2.45, 2.75) is 81.3 Å². The first-order valence-electron chi connectivity index (χ1n) is 8.48. The minimum atomic E-state index is -2.45. The predicted molar refractivity (Wildman–Crippen MR) is 86.8 cm³/mol. The Bertz CT molecular complexity index is 341. The van der Waals surface area contributed by atoms with Crippen molar-refractivity contribution in [2.24, 2.45) is 17.8 Å². The molecule has 0 N–H and O–H groups in total. The Labute approximate surface area is 137 Å². The van der Waals surface area contributed by atoms with Gasteiger partial charge in [0.1, 0.15) is 0 Å². The number of carbonyl (C=O) groups excluding carboxylic acids is 1. The third-order valence-electron chi connectivity index (χ3n) is 4.50. The molecule has 0 amide bonds. The van der Waals surface area contributed by atoms with Crippen LogP contribution in [0.25, 0.3) is 0 Å². The molecule has 1 rings (SSSR count). The molecule has 124 valence electrons. The SMILES string of the molecule is CCCCC[Te](=O)CC(=O)O[C@@H]1C[C@H](C)CC[C@H]1C(C)C. The van der Waals surface area contributed by atoms with Crippen molar-refractivity contribution >= 4 is 25.5 Å². The average Bonchev–Trinajstić information content (AvgIpc) is 2.38. The van der Waals surface area contributed by atoms with Gasteiger partial charge in [0.05, 0.1) is 0 Å². The average molecular weight is 412 g/mol. The number of hydrogen-bond acceptors (Lipinski definition) is 3. The van der Waals surface area contributed by atoms with Crippen LogP contribution in [0.4, 0.5) is 0 Å². The first-order chi connectivity index (χ1) is 9.93. The van der Waals surface area contributed by atoms with Gasteiger partial charge >= 0.3 is 137 Å². The summed E-state index contributed by atoms with van der Waals surface area (Å²) in [5.74, 6) is 1.44. The number of carbonyl (C=O) groups is 1. The van der Waals surface area contributed by atoms with Crippen molar-refractivity contribution in [2.75, 3.05) is 0 Å². The summed E-state index contributed by atoms with van der Waals surface area (Å²) in [6, 6.07) is 0. The maximum atomic E-state index is 12.0. The zero-order chi connectivity index (χ0) is 15.8. The van der Waals surface area contributed by atoms with Crippen molar-refractivity contribution in [3.8, 4) is 0 Å². The summed E-state index contributed by atoms with van der Waals surface area (Å²) in [5, 5.41) is 0. The van der Waals surface area contributed by atoms with E-state index in [4.69, 9.17) is 4.74 Å². The van der Waals surface area contributed by atoms with Crippen LogP contribution in [0.15, 0.2) is 0 Å². The molecule has 0 aromatic carbocycles. The molecule has 3 nitrogen and oxygen atoms in total. The van der Waals surface area contributed by atoms with Crippen LogP contribution in [0.3, 0.4) is 0 Å². The van der Waals surface area contributed by atoms with Gasteiger partial charge in [0.2, 0.25) is 0 Å². The summed E-state index contributed by atoms with van der Waals surface area (Å²) in [7, 11) is 0. The maximum absolute atomic E-state index is 12.0. The van der Waals surface area contributed by atoms with Crippen LogP contribution in [0.1, 0.15) is 66.2 Å². The molecule has 0 aromatic heterocycles. The van der Waals surface area contributed by atoms with E-state index < -0.39 is 19.5 Å². The molecule has 3 atom stereocenters. The van der Waals surface area contributed by atoms with E-state index >= 15 is 0 Å². The van der Waals surface area contributed by atoms with E-state index in [0.29, 0.717) is 17.8 Å². The molecule has 21 heavy (non-hydrogen) atoms. The van der Waals surface area contributed by atoms with E-state index in [0.717, 1.165) is 36.6 Å². The van der Waals surface area contributed by atoms with E-state index in [9.17, 15) is 7.90 Å². The van der Waals surface area contributed by atoms with Crippen LogP contribution in [0.5, 0.6) is 0 Å². The number of esters is 1. The zero-order valence-electron chi connectivity index (χ0n) is 14.1. The zero-order valence-corrected chi connectivity index (χ0v) is 16.4. The Kier molecular flexibility index (Phi) is 9.05. The first-order valence-corrected chi connectivity index (χ1v) is 12.7. The van der Waals surface area contributed by atoms with Gasteiger partial charge in [0.15, 0.2) is 0 Å². The van der Waals surface area contributed by atoms with Crippen LogP contribution in [-0.4, -0.2) is 31.6 Å². The van der Waals surface area contributed by atoms with E-state index in [-0.39, 0.29) is 16.5 Å². The molecule has 0 aliphatic heterocycles. The van der Waals surface area contributed by atoms with Gasteiger partial charge in [-0.15, -0.1) is 0 Å². The van der Waals surface area contributed by atoms with E-state index in [1.54, 1.807) is 0 Å². The monoisotopic (exact) mass is 414 g/mol. The molecule has 1 fully saturated rings. The van der Waals surface area contributed by atoms with Gasteiger partial charge in [-0.05, 0) is 0 Å². The second kappa shape index (κ2) is 9.95. The molecule has 1 aliphatic rings. The van der Waals surface area contributed by atoms with Crippen molar-refractivity contribution < 1.29 is 12.6 Å². The van der Waals surface area contributed by atoms with Gasteiger partial charge in [0, 0.05) is 0 Å². The fraction of sp³-hybridized carbons (Fsp3) is 0.941. The fourth-order valence-electron chi connectivity index (χ4n) is 3.17. The molecule has 0 bridgehead atoms. The summed E-state index contributed by atoms with van der Waals surface area (Å²) in [6.45, 7) is 8.78. The van der Waals surface area contributed by atoms with Gasteiger partial charge in [-0.25, -0.2) is 0 Å². The predicted octanol–water partition coefficient (Wildman–Crippen LogP) is 4.60. The molecule has 1 aliphatic carbocycles. The summed E-state index contributed by atoms with van der Waals surface area (Å²) in [5.41, 5.74) is 0. The molecular formula is C17H32O3Te. The van der Waals surface area contributed by atoms with Crippen molar-refractivity contribution in [3.05, 3.63) is 0 Å². The molecule has 0 aromatic rings. The van der Waals surface area contributed by atoms with Crippen LogP contribution < -0.4 is 0 Å².